The molecule has 2 aromatic rings. The van der Waals surface area contributed by atoms with E-state index in [0.29, 0.717) is 25.6 Å². The van der Waals surface area contributed by atoms with Crippen molar-refractivity contribution in [2.24, 2.45) is 0 Å². The number of para-hydroxylation sites is 1. The fraction of sp³-hybridized carbons (Fsp3) is 0.462. The van der Waals surface area contributed by atoms with Gasteiger partial charge in [-0.3, -0.25) is 0 Å². The fourth-order valence-corrected chi connectivity index (χ4v) is 2.41. The Kier molecular flexibility index (Phi) is 3.62. The van der Waals surface area contributed by atoms with Crippen LogP contribution in [0.2, 0.25) is 0 Å². The first kappa shape index (κ1) is 13.0. The van der Waals surface area contributed by atoms with Crippen molar-refractivity contribution in [1.29, 1.82) is 0 Å². The molecule has 20 heavy (non-hydrogen) atoms. The van der Waals surface area contributed by atoms with E-state index >= 15 is 0 Å². The van der Waals surface area contributed by atoms with Gasteiger partial charge < -0.3 is 14.7 Å². The zero-order chi connectivity index (χ0) is 13.9. The zero-order valence-electron chi connectivity index (χ0n) is 11.3. The van der Waals surface area contributed by atoms with Gasteiger partial charge in [0.25, 0.3) is 5.95 Å². The number of rotatable bonds is 4. The highest BCUT2D eigenvalue weighted by molar-refractivity contribution is 5.41. The lowest BCUT2D eigenvalue weighted by molar-refractivity contribution is -0.00189. The summed E-state index contributed by atoms with van der Waals surface area (Å²) in [5, 5.41) is 21.8. The van der Waals surface area contributed by atoms with E-state index in [-0.39, 0.29) is 6.10 Å². The maximum Gasteiger partial charge on any atom is 0.250 e. The van der Waals surface area contributed by atoms with Crippen LogP contribution in [0.25, 0.3) is 5.69 Å². The molecule has 2 atom stereocenters. The summed E-state index contributed by atoms with van der Waals surface area (Å²) in [5.74, 6) is 0.623. The topological polar surface area (TPSA) is 76.3 Å². The molecule has 1 aromatic carbocycles. The summed E-state index contributed by atoms with van der Waals surface area (Å²) in [6, 6.07) is 9.68. The second-order valence-corrected chi connectivity index (χ2v) is 4.69. The van der Waals surface area contributed by atoms with E-state index in [4.69, 9.17) is 4.74 Å². The molecule has 3 rings (SSSR count). The van der Waals surface area contributed by atoms with E-state index in [9.17, 15) is 5.11 Å². The van der Waals surface area contributed by atoms with Gasteiger partial charge in [0.1, 0.15) is 6.10 Å². The Balaban J connectivity index is 1.84. The van der Waals surface area contributed by atoms with Crippen LogP contribution in [0.4, 0.5) is 5.95 Å². The monoisotopic (exact) mass is 275 g/mol. The van der Waals surface area contributed by atoms with E-state index in [1.54, 1.807) is 4.68 Å². The van der Waals surface area contributed by atoms with Gasteiger partial charge in [0.05, 0.1) is 11.8 Å². The van der Waals surface area contributed by atoms with Crippen LogP contribution in [0.5, 0.6) is 0 Å². The average Bonchev–Trinajstić information content (AvgIpc) is 3.08. The van der Waals surface area contributed by atoms with Crippen molar-refractivity contribution in [2.75, 3.05) is 24.6 Å². The third-order valence-corrected chi connectivity index (χ3v) is 3.35. The van der Waals surface area contributed by atoms with Crippen LogP contribution in [-0.4, -0.2) is 57.2 Å². The molecule has 0 spiro atoms. The minimum atomic E-state index is -0.518. The predicted molar refractivity (Wildman–Crippen MR) is 72.8 cm³/mol. The second kappa shape index (κ2) is 5.56. The van der Waals surface area contributed by atoms with Crippen molar-refractivity contribution in [1.82, 2.24) is 20.2 Å². The number of benzene rings is 1. The Morgan fingerprint density at radius 2 is 2.10 bits per heavy atom. The molecule has 7 nitrogen and oxygen atoms in total. The molecule has 0 aliphatic carbocycles. The molecule has 0 bridgehead atoms. The maximum absolute atomic E-state index is 10.0. The van der Waals surface area contributed by atoms with E-state index in [1.165, 1.54) is 0 Å². The molecule has 0 radical (unpaired) electrons. The van der Waals surface area contributed by atoms with Crippen molar-refractivity contribution < 1.29 is 9.84 Å². The lowest BCUT2D eigenvalue weighted by Crippen LogP contribution is -2.27. The summed E-state index contributed by atoms with van der Waals surface area (Å²) in [4.78, 5) is 1.94. The molecule has 1 N–H and O–H groups in total. The summed E-state index contributed by atoms with van der Waals surface area (Å²) in [6.45, 7) is 3.56. The smallest absolute Gasteiger partial charge is 0.250 e. The number of nitrogens with zero attached hydrogens (tertiary/aromatic N) is 5. The third-order valence-electron chi connectivity index (χ3n) is 3.35. The first-order valence-corrected chi connectivity index (χ1v) is 6.68. The highest BCUT2D eigenvalue weighted by atomic mass is 16.5. The molecule has 1 aliphatic rings. The van der Waals surface area contributed by atoms with Gasteiger partial charge in [-0.25, -0.2) is 0 Å². The average molecular weight is 275 g/mol. The van der Waals surface area contributed by atoms with Crippen LogP contribution in [0, 0.1) is 0 Å². The van der Waals surface area contributed by atoms with Crippen molar-refractivity contribution in [3.63, 3.8) is 0 Å². The minimum Gasteiger partial charge on any atom is -0.388 e. The maximum atomic E-state index is 10.0. The predicted octanol–water partition coefficient (Wildman–Crippen LogP) is 0.248. The molecule has 1 aromatic heterocycles. The third kappa shape index (κ3) is 2.37. The molecule has 106 valence electrons. The van der Waals surface area contributed by atoms with Crippen molar-refractivity contribution in [3.05, 3.63) is 30.3 Å². The lowest BCUT2D eigenvalue weighted by Gasteiger charge is -2.16. The Morgan fingerprint density at radius 1 is 1.30 bits per heavy atom. The van der Waals surface area contributed by atoms with E-state index in [0.717, 1.165) is 5.69 Å². The SMILES string of the molecule is CCOC1CN(c2nnnn2-c2ccccc2)CC1O. The molecule has 0 saturated carbocycles. The van der Waals surface area contributed by atoms with Gasteiger partial charge >= 0.3 is 0 Å². The van der Waals surface area contributed by atoms with Crippen LogP contribution < -0.4 is 4.90 Å². The molecule has 7 heteroatoms. The molecule has 1 aliphatic heterocycles. The van der Waals surface area contributed by atoms with E-state index < -0.39 is 6.10 Å². The number of aliphatic hydroxyl groups is 1. The largest absolute Gasteiger partial charge is 0.388 e. The fourth-order valence-electron chi connectivity index (χ4n) is 2.41. The molecular weight excluding hydrogens is 258 g/mol. The molecule has 2 unspecified atom stereocenters. The number of hydrogen-bond donors (Lipinski definition) is 1. The van der Waals surface area contributed by atoms with Gasteiger partial charge in [0.2, 0.25) is 0 Å². The molecule has 1 fully saturated rings. The molecular formula is C13H17N5O2. The highest BCUT2D eigenvalue weighted by Crippen LogP contribution is 2.21. The second-order valence-electron chi connectivity index (χ2n) is 4.69. The van der Waals surface area contributed by atoms with Gasteiger partial charge in [0, 0.05) is 19.7 Å². The number of aromatic nitrogens is 4. The van der Waals surface area contributed by atoms with Crippen molar-refractivity contribution in [3.8, 4) is 5.69 Å². The number of tetrazole rings is 1. The van der Waals surface area contributed by atoms with Crippen LogP contribution >= 0.6 is 0 Å². The minimum absolute atomic E-state index is 0.194. The first-order chi connectivity index (χ1) is 9.79. The first-order valence-electron chi connectivity index (χ1n) is 6.68. The Morgan fingerprint density at radius 3 is 2.85 bits per heavy atom. The number of anilines is 1. The summed E-state index contributed by atoms with van der Waals surface area (Å²) in [6.07, 6.45) is -0.711. The van der Waals surface area contributed by atoms with Crippen molar-refractivity contribution >= 4 is 5.95 Å². The van der Waals surface area contributed by atoms with Crippen LogP contribution in [0.15, 0.2) is 30.3 Å². The zero-order valence-corrected chi connectivity index (χ0v) is 11.3. The lowest BCUT2D eigenvalue weighted by atomic mass is 10.3. The highest BCUT2D eigenvalue weighted by Gasteiger charge is 2.34. The summed E-state index contributed by atoms with van der Waals surface area (Å²) >= 11 is 0. The normalized spacial score (nSPS) is 22.4. The summed E-state index contributed by atoms with van der Waals surface area (Å²) in [7, 11) is 0. The Hall–Kier alpha value is -1.99. The molecule has 1 saturated heterocycles. The Labute approximate surface area is 116 Å². The Bertz CT molecular complexity index is 559. The van der Waals surface area contributed by atoms with Crippen LogP contribution in [-0.2, 0) is 4.74 Å². The molecule has 2 heterocycles. The van der Waals surface area contributed by atoms with Gasteiger partial charge in [-0.1, -0.05) is 23.3 Å². The van der Waals surface area contributed by atoms with Crippen LogP contribution in [0.3, 0.4) is 0 Å². The van der Waals surface area contributed by atoms with Crippen molar-refractivity contribution in [2.45, 2.75) is 19.1 Å². The van der Waals surface area contributed by atoms with Crippen LogP contribution in [0.1, 0.15) is 6.92 Å². The van der Waals surface area contributed by atoms with Gasteiger partial charge in [0.15, 0.2) is 0 Å². The number of hydrogen-bond acceptors (Lipinski definition) is 6. The summed E-state index contributed by atoms with van der Waals surface area (Å²) < 4.78 is 7.19. The van der Waals surface area contributed by atoms with Gasteiger partial charge in [-0.15, -0.1) is 0 Å². The van der Waals surface area contributed by atoms with Gasteiger partial charge in [-0.05, 0) is 29.5 Å². The molecule has 0 amide bonds. The number of aliphatic hydroxyl groups excluding tert-OH is 1. The number of β-amino-alcohol motifs (C(OH)–C–C–N with tert-alkyl or cyclic N) is 1. The van der Waals surface area contributed by atoms with E-state index in [2.05, 4.69) is 15.5 Å². The van der Waals surface area contributed by atoms with Gasteiger partial charge in [-0.2, -0.15) is 4.68 Å². The number of ether oxygens (including phenoxy) is 1. The summed E-state index contributed by atoms with van der Waals surface area (Å²) in [5.41, 5.74) is 0.891. The standard InChI is InChI=1S/C13H17N5O2/c1-2-20-12-9-17(8-11(12)19)13-14-15-16-18(13)10-6-4-3-5-7-10/h3-7,11-12,19H,2,8-9H2,1H3. The quantitative estimate of drug-likeness (QED) is 0.862. The van der Waals surface area contributed by atoms with E-state index in [1.807, 2.05) is 42.2 Å².